The molecule has 0 aliphatic carbocycles. The average Bonchev–Trinajstić information content (AvgIpc) is 2.34. The second kappa shape index (κ2) is 3.11. The lowest BCUT2D eigenvalue weighted by atomic mass is 10.0. The van der Waals surface area contributed by atoms with E-state index in [9.17, 15) is 0 Å². The van der Waals surface area contributed by atoms with Gasteiger partial charge in [-0.15, -0.1) is 0 Å². The molecular weight excluding hydrogens is 200 g/mol. The van der Waals surface area contributed by atoms with E-state index in [0.29, 0.717) is 0 Å². The number of fused-ring (bicyclic) bond motifs is 1. The summed E-state index contributed by atoms with van der Waals surface area (Å²) in [6, 6.07) is 6.75. The van der Waals surface area contributed by atoms with Gasteiger partial charge < -0.3 is 4.74 Å². The zero-order valence-corrected chi connectivity index (χ0v) is 11.3. The van der Waals surface area contributed by atoms with Crippen molar-refractivity contribution >= 4 is 13.3 Å². The Hall–Kier alpha value is -0.763. The van der Waals surface area contributed by atoms with Crippen molar-refractivity contribution in [3.63, 3.8) is 0 Å². The van der Waals surface area contributed by atoms with Crippen LogP contribution in [-0.4, -0.2) is 13.7 Å². The molecule has 0 aromatic heterocycles. The Morgan fingerprint density at radius 2 is 1.87 bits per heavy atom. The number of hydrogen-bond donors (Lipinski definition) is 0. The fourth-order valence-electron chi connectivity index (χ4n) is 2.08. The Kier molecular flexibility index (Phi) is 2.23. The van der Waals surface area contributed by atoms with Crippen LogP contribution in [0.4, 0.5) is 0 Å². The zero-order chi connectivity index (χ0) is 11.3. The SMILES string of the molecule is CC1(C)Cc2cc([Si](C)(C)C)ccc2O1. The lowest BCUT2D eigenvalue weighted by molar-refractivity contribution is 0.138. The van der Waals surface area contributed by atoms with Crippen molar-refractivity contribution in [3.05, 3.63) is 23.8 Å². The van der Waals surface area contributed by atoms with Gasteiger partial charge in [0.2, 0.25) is 0 Å². The lowest BCUT2D eigenvalue weighted by Gasteiger charge is -2.17. The van der Waals surface area contributed by atoms with E-state index in [1.165, 1.54) is 10.8 Å². The molecule has 0 N–H and O–H groups in total. The number of benzene rings is 1. The van der Waals surface area contributed by atoms with Gasteiger partial charge in [-0.2, -0.15) is 0 Å². The summed E-state index contributed by atoms with van der Waals surface area (Å²) in [5.41, 5.74) is 1.38. The third-order valence-corrected chi connectivity index (χ3v) is 4.97. The van der Waals surface area contributed by atoms with Crippen molar-refractivity contribution in [1.29, 1.82) is 0 Å². The highest BCUT2D eigenvalue weighted by Crippen LogP contribution is 2.34. The molecule has 0 radical (unpaired) electrons. The fourth-order valence-corrected chi connectivity index (χ4v) is 3.27. The Balaban J connectivity index is 2.39. The van der Waals surface area contributed by atoms with Gasteiger partial charge in [0.25, 0.3) is 0 Å². The molecule has 1 heterocycles. The maximum Gasteiger partial charge on any atom is 0.123 e. The predicted octanol–water partition coefficient (Wildman–Crippen LogP) is 2.95. The van der Waals surface area contributed by atoms with E-state index in [4.69, 9.17) is 4.74 Å². The summed E-state index contributed by atoms with van der Waals surface area (Å²) in [6.07, 6.45) is 1.04. The van der Waals surface area contributed by atoms with Crippen LogP contribution in [0.25, 0.3) is 0 Å². The highest BCUT2D eigenvalue weighted by molar-refractivity contribution is 6.88. The van der Waals surface area contributed by atoms with E-state index in [-0.39, 0.29) is 5.60 Å². The summed E-state index contributed by atoms with van der Waals surface area (Å²) in [5.74, 6) is 1.09. The van der Waals surface area contributed by atoms with Crippen LogP contribution in [0.1, 0.15) is 19.4 Å². The first-order valence-corrected chi connectivity index (χ1v) is 9.10. The molecule has 0 atom stereocenters. The van der Waals surface area contributed by atoms with Gasteiger partial charge in [0.15, 0.2) is 0 Å². The van der Waals surface area contributed by atoms with E-state index in [0.717, 1.165) is 12.2 Å². The van der Waals surface area contributed by atoms with E-state index in [1.807, 2.05) is 0 Å². The van der Waals surface area contributed by atoms with E-state index in [2.05, 4.69) is 51.7 Å². The zero-order valence-electron chi connectivity index (χ0n) is 10.3. The minimum atomic E-state index is -1.18. The van der Waals surface area contributed by atoms with Gasteiger partial charge in [-0.3, -0.25) is 0 Å². The number of ether oxygens (including phenoxy) is 1. The summed E-state index contributed by atoms with van der Waals surface area (Å²) in [7, 11) is -1.18. The van der Waals surface area contributed by atoms with Gasteiger partial charge in [-0.25, -0.2) is 0 Å². The van der Waals surface area contributed by atoms with Crippen LogP contribution in [-0.2, 0) is 6.42 Å². The molecule has 2 rings (SSSR count). The van der Waals surface area contributed by atoms with Crippen LogP contribution < -0.4 is 9.92 Å². The Labute approximate surface area is 93.5 Å². The maximum atomic E-state index is 5.88. The molecule has 1 aliphatic heterocycles. The first kappa shape index (κ1) is 10.7. The maximum absolute atomic E-state index is 5.88. The van der Waals surface area contributed by atoms with Crippen LogP contribution in [0.5, 0.6) is 5.75 Å². The summed E-state index contributed by atoms with van der Waals surface area (Å²) in [6.45, 7) is 11.5. The summed E-state index contributed by atoms with van der Waals surface area (Å²) >= 11 is 0. The molecule has 1 aromatic rings. The lowest BCUT2D eigenvalue weighted by Crippen LogP contribution is -2.37. The summed E-state index contributed by atoms with van der Waals surface area (Å²) < 4.78 is 5.88. The van der Waals surface area contributed by atoms with Crippen LogP contribution in [0, 0.1) is 0 Å². The van der Waals surface area contributed by atoms with Gasteiger partial charge in [0.05, 0.1) is 8.07 Å². The third kappa shape index (κ3) is 2.10. The molecule has 1 aliphatic rings. The van der Waals surface area contributed by atoms with Crippen molar-refractivity contribution in [1.82, 2.24) is 0 Å². The molecule has 0 amide bonds. The second-order valence-electron chi connectivity index (χ2n) is 6.11. The van der Waals surface area contributed by atoms with Gasteiger partial charge in [0, 0.05) is 6.42 Å². The topological polar surface area (TPSA) is 9.23 Å². The largest absolute Gasteiger partial charge is 0.487 e. The Morgan fingerprint density at radius 1 is 1.20 bits per heavy atom. The molecule has 2 heteroatoms. The van der Waals surface area contributed by atoms with Gasteiger partial charge >= 0.3 is 0 Å². The minimum absolute atomic E-state index is 0.0135. The van der Waals surface area contributed by atoms with Crippen LogP contribution in [0.15, 0.2) is 18.2 Å². The molecule has 0 saturated heterocycles. The van der Waals surface area contributed by atoms with Crippen molar-refractivity contribution in [3.8, 4) is 5.75 Å². The Bertz CT molecular complexity index is 388. The van der Waals surface area contributed by atoms with Crippen molar-refractivity contribution in [2.75, 3.05) is 0 Å². The van der Waals surface area contributed by atoms with Crippen LogP contribution >= 0.6 is 0 Å². The normalized spacial score (nSPS) is 18.5. The number of rotatable bonds is 1. The van der Waals surface area contributed by atoms with Gasteiger partial charge in [0.1, 0.15) is 11.4 Å². The van der Waals surface area contributed by atoms with Gasteiger partial charge in [-0.05, 0) is 25.5 Å². The highest BCUT2D eigenvalue weighted by atomic mass is 28.3. The van der Waals surface area contributed by atoms with E-state index < -0.39 is 8.07 Å². The molecule has 1 nitrogen and oxygen atoms in total. The molecule has 0 fully saturated rings. The van der Waals surface area contributed by atoms with Gasteiger partial charge in [-0.1, -0.05) is 37.0 Å². The molecule has 1 aromatic carbocycles. The highest BCUT2D eigenvalue weighted by Gasteiger charge is 2.31. The van der Waals surface area contributed by atoms with Crippen molar-refractivity contribution in [2.24, 2.45) is 0 Å². The van der Waals surface area contributed by atoms with E-state index in [1.54, 1.807) is 0 Å². The third-order valence-electron chi connectivity index (χ3n) is 2.93. The first-order chi connectivity index (χ1) is 6.78. The summed E-state index contributed by atoms with van der Waals surface area (Å²) in [4.78, 5) is 0. The molecule has 82 valence electrons. The predicted molar refractivity (Wildman–Crippen MR) is 67.8 cm³/mol. The van der Waals surface area contributed by atoms with Crippen molar-refractivity contribution < 1.29 is 4.74 Å². The molecular formula is C13H20OSi. The quantitative estimate of drug-likeness (QED) is 0.661. The minimum Gasteiger partial charge on any atom is -0.487 e. The monoisotopic (exact) mass is 220 g/mol. The van der Waals surface area contributed by atoms with Crippen LogP contribution in [0.2, 0.25) is 19.6 Å². The smallest absolute Gasteiger partial charge is 0.123 e. The molecule has 0 saturated carbocycles. The van der Waals surface area contributed by atoms with Crippen molar-refractivity contribution in [2.45, 2.75) is 45.5 Å². The molecule has 15 heavy (non-hydrogen) atoms. The Morgan fingerprint density at radius 3 is 2.47 bits per heavy atom. The molecule has 0 spiro atoms. The first-order valence-electron chi connectivity index (χ1n) is 5.60. The average molecular weight is 220 g/mol. The standard InChI is InChI=1S/C13H20OSi/c1-13(2)9-10-8-11(15(3,4)5)6-7-12(10)14-13/h6-8H,9H2,1-5H3. The second-order valence-corrected chi connectivity index (χ2v) is 11.2. The summed E-state index contributed by atoms with van der Waals surface area (Å²) in [5, 5.41) is 1.53. The molecule has 0 unspecified atom stereocenters. The van der Waals surface area contributed by atoms with E-state index >= 15 is 0 Å². The van der Waals surface area contributed by atoms with Crippen LogP contribution in [0.3, 0.4) is 0 Å². The molecule has 0 bridgehead atoms. The fraction of sp³-hybridized carbons (Fsp3) is 0.538. The number of hydrogen-bond acceptors (Lipinski definition) is 1.